The number of hydrogen-bond acceptors (Lipinski definition) is 4. The van der Waals surface area contributed by atoms with Crippen molar-refractivity contribution < 1.29 is 19.0 Å². The third-order valence-corrected chi connectivity index (χ3v) is 6.04. The average molecular weight is 423 g/mol. The first-order valence-electron chi connectivity index (χ1n) is 11.0. The molecule has 0 heterocycles. The summed E-state index contributed by atoms with van der Waals surface area (Å²) in [6.45, 7) is 10.5. The molecule has 0 saturated heterocycles. The highest BCUT2D eigenvalue weighted by molar-refractivity contribution is 6.02. The highest BCUT2D eigenvalue weighted by atomic mass is 16.5. The van der Waals surface area contributed by atoms with Crippen molar-refractivity contribution in [1.29, 1.82) is 0 Å². The Hall–Kier alpha value is -2.75. The van der Waals surface area contributed by atoms with E-state index >= 15 is 0 Å². The number of fused-ring (bicyclic) bond motifs is 1. The molecule has 0 atom stereocenters. The zero-order valence-electron chi connectivity index (χ0n) is 19.8. The van der Waals surface area contributed by atoms with Gasteiger partial charge in [0, 0.05) is 5.56 Å². The molecule has 0 saturated carbocycles. The Kier molecular flexibility index (Phi) is 6.78. The van der Waals surface area contributed by atoms with Gasteiger partial charge in [-0.15, -0.1) is 0 Å². The number of hydrogen-bond donors (Lipinski definition) is 0. The van der Waals surface area contributed by atoms with Crippen molar-refractivity contribution in [3.8, 4) is 11.5 Å². The number of carbonyl (C=O) groups is 1. The molecule has 3 rings (SSSR count). The molecule has 4 heteroatoms. The maximum Gasteiger partial charge on any atom is 0.338 e. The monoisotopic (exact) mass is 422 g/mol. The first-order chi connectivity index (χ1) is 14.7. The number of esters is 1. The fourth-order valence-corrected chi connectivity index (χ4v) is 4.51. The summed E-state index contributed by atoms with van der Waals surface area (Å²) in [5.41, 5.74) is 4.48. The molecule has 0 aromatic heterocycles. The summed E-state index contributed by atoms with van der Waals surface area (Å²) in [6.07, 6.45) is 7.78. The van der Waals surface area contributed by atoms with Crippen LogP contribution in [0.1, 0.15) is 69.8 Å². The molecule has 0 bridgehead atoms. The zero-order chi connectivity index (χ0) is 22.8. The van der Waals surface area contributed by atoms with E-state index in [0.29, 0.717) is 11.3 Å². The highest BCUT2D eigenvalue weighted by Gasteiger charge is 2.26. The number of benzene rings is 2. The SMILES string of the molecule is COc1cc(C(=O)OC(C)C)cc2ccc(C=CC3=C(C)CCCC3(C)C)c(OC)c12. The van der Waals surface area contributed by atoms with Crippen molar-refractivity contribution in [3.63, 3.8) is 0 Å². The lowest BCUT2D eigenvalue weighted by Gasteiger charge is -2.33. The minimum atomic E-state index is -0.361. The second kappa shape index (κ2) is 9.17. The molecular weight excluding hydrogens is 388 g/mol. The molecule has 0 radical (unpaired) electrons. The van der Waals surface area contributed by atoms with Crippen molar-refractivity contribution in [3.05, 3.63) is 52.6 Å². The normalized spacial score (nSPS) is 16.3. The van der Waals surface area contributed by atoms with E-state index in [9.17, 15) is 4.79 Å². The largest absolute Gasteiger partial charge is 0.496 e. The maximum absolute atomic E-state index is 12.4. The second-order valence-corrected chi connectivity index (χ2v) is 9.18. The van der Waals surface area contributed by atoms with E-state index in [-0.39, 0.29) is 17.5 Å². The van der Waals surface area contributed by atoms with Crippen LogP contribution in [0.25, 0.3) is 16.8 Å². The summed E-state index contributed by atoms with van der Waals surface area (Å²) >= 11 is 0. The number of methoxy groups -OCH3 is 2. The van der Waals surface area contributed by atoms with Crippen molar-refractivity contribution in [2.24, 2.45) is 5.41 Å². The number of rotatable bonds is 6. The lowest BCUT2D eigenvalue weighted by molar-refractivity contribution is 0.0377. The second-order valence-electron chi connectivity index (χ2n) is 9.18. The molecule has 31 heavy (non-hydrogen) atoms. The van der Waals surface area contributed by atoms with Crippen LogP contribution < -0.4 is 9.47 Å². The van der Waals surface area contributed by atoms with Gasteiger partial charge < -0.3 is 14.2 Å². The average Bonchev–Trinajstić information content (AvgIpc) is 2.71. The van der Waals surface area contributed by atoms with E-state index in [4.69, 9.17) is 14.2 Å². The molecule has 166 valence electrons. The van der Waals surface area contributed by atoms with Gasteiger partial charge in [0.25, 0.3) is 0 Å². The van der Waals surface area contributed by atoms with Gasteiger partial charge in [-0.2, -0.15) is 0 Å². The molecule has 0 fully saturated rings. The molecule has 0 N–H and O–H groups in total. The lowest BCUT2D eigenvalue weighted by Crippen LogP contribution is -2.18. The standard InChI is InChI=1S/C27H34O4/c1-17(2)31-26(28)21-15-20-11-10-19(25(30-7)24(20)23(16-21)29-6)12-13-22-18(3)9-8-14-27(22,4)5/h10-13,15-17H,8-9,14H2,1-7H3. The van der Waals surface area contributed by atoms with Gasteiger partial charge in [-0.25, -0.2) is 4.79 Å². The molecule has 0 aliphatic heterocycles. The first kappa shape index (κ1) is 22.9. The van der Waals surface area contributed by atoms with E-state index in [2.05, 4.69) is 32.9 Å². The van der Waals surface area contributed by atoms with Gasteiger partial charge >= 0.3 is 5.97 Å². The molecule has 2 aromatic rings. The van der Waals surface area contributed by atoms with Gasteiger partial charge in [0.05, 0.1) is 31.3 Å². The van der Waals surface area contributed by atoms with E-state index < -0.39 is 0 Å². The quantitative estimate of drug-likeness (QED) is 0.472. The smallest absolute Gasteiger partial charge is 0.338 e. The number of ether oxygens (including phenoxy) is 3. The summed E-state index contributed by atoms with van der Waals surface area (Å²) in [6, 6.07) is 7.58. The summed E-state index contributed by atoms with van der Waals surface area (Å²) in [5.74, 6) is 0.968. The van der Waals surface area contributed by atoms with E-state index in [1.165, 1.54) is 24.0 Å². The van der Waals surface area contributed by atoms with Crippen LogP contribution in [-0.4, -0.2) is 26.3 Å². The van der Waals surface area contributed by atoms with Gasteiger partial charge in [0.15, 0.2) is 0 Å². The Morgan fingerprint density at radius 1 is 1.10 bits per heavy atom. The van der Waals surface area contributed by atoms with E-state index in [1.54, 1.807) is 20.3 Å². The summed E-state index contributed by atoms with van der Waals surface area (Å²) in [5, 5.41) is 1.72. The van der Waals surface area contributed by atoms with Crippen LogP contribution in [0.3, 0.4) is 0 Å². The molecular formula is C27H34O4. The van der Waals surface area contributed by atoms with Crippen molar-refractivity contribution in [2.45, 2.75) is 60.0 Å². The molecule has 0 unspecified atom stereocenters. The Morgan fingerprint density at radius 3 is 2.45 bits per heavy atom. The Balaban J connectivity index is 2.10. The molecule has 2 aromatic carbocycles. The predicted octanol–water partition coefficient (Wildman–Crippen LogP) is 6.96. The summed E-state index contributed by atoms with van der Waals surface area (Å²) in [7, 11) is 3.27. The van der Waals surface area contributed by atoms with Crippen LogP contribution in [0.2, 0.25) is 0 Å². The molecule has 1 aliphatic carbocycles. The van der Waals surface area contributed by atoms with Gasteiger partial charge in [0.1, 0.15) is 11.5 Å². The highest BCUT2D eigenvalue weighted by Crippen LogP contribution is 2.42. The Bertz CT molecular complexity index is 1040. The summed E-state index contributed by atoms with van der Waals surface area (Å²) in [4.78, 5) is 12.4. The minimum Gasteiger partial charge on any atom is -0.496 e. The van der Waals surface area contributed by atoms with Crippen molar-refractivity contribution >= 4 is 22.8 Å². The third kappa shape index (κ3) is 4.79. The number of allylic oxidation sites excluding steroid dienone is 3. The predicted molar refractivity (Wildman–Crippen MR) is 127 cm³/mol. The maximum atomic E-state index is 12.4. The van der Waals surface area contributed by atoms with Crippen LogP contribution >= 0.6 is 0 Å². The Labute approximate surface area is 185 Å². The van der Waals surface area contributed by atoms with Crippen LogP contribution in [-0.2, 0) is 4.74 Å². The van der Waals surface area contributed by atoms with Gasteiger partial charge in [-0.05, 0) is 68.5 Å². The first-order valence-corrected chi connectivity index (χ1v) is 11.0. The third-order valence-electron chi connectivity index (χ3n) is 6.04. The zero-order valence-corrected chi connectivity index (χ0v) is 19.8. The van der Waals surface area contributed by atoms with Crippen molar-refractivity contribution in [2.75, 3.05) is 14.2 Å². The van der Waals surface area contributed by atoms with Crippen molar-refractivity contribution in [1.82, 2.24) is 0 Å². The lowest BCUT2D eigenvalue weighted by atomic mass is 9.72. The van der Waals surface area contributed by atoms with Crippen LogP contribution in [0, 0.1) is 5.41 Å². The molecule has 0 amide bonds. The Morgan fingerprint density at radius 2 is 1.84 bits per heavy atom. The summed E-state index contributed by atoms with van der Waals surface area (Å²) < 4.78 is 16.8. The minimum absolute atomic E-state index is 0.173. The van der Waals surface area contributed by atoms with E-state index in [1.807, 2.05) is 32.0 Å². The molecule has 1 aliphatic rings. The molecule has 0 spiro atoms. The number of carbonyl (C=O) groups excluding carboxylic acids is 1. The van der Waals surface area contributed by atoms with Gasteiger partial charge in [0.2, 0.25) is 0 Å². The van der Waals surface area contributed by atoms with Gasteiger partial charge in [-0.1, -0.05) is 43.7 Å². The topological polar surface area (TPSA) is 44.8 Å². The fraction of sp³-hybridized carbons (Fsp3) is 0.444. The van der Waals surface area contributed by atoms with E-state index in [0.717, 1.165) is 28.5 Å². The molecule has 4 nitrogen and oxygen atoms in total. The van der Waals surface area contributed by atoms with Crippen LogP contribution in [0.15, 0.2) is 41.5 Å². The van der Waals surface area contributed by atoms with Gasteiger partial charge in [-0.3, -0.25) is 0 Å². The van der Waals surface area contributed by atoms with Crippen LogP contribution in [0.4, 0.5) is 0 Å². The fourth-order valence-electron chi connectivity index (χ4n) is 4.51. The van der Waals surface area contributed by atoms with Crippen LogP contribution in [0.5, 0.6) is 11.5 Å².